The number of aromatic nitrogens is 4. The fourth-order valence-electron chi connectivity index (χ4n) is 4.20. The van der Waals surface area contributed by atoms with E-state index in [1.54, 1.807) is 6.07 Å². The van der Waals surface area contributed by atoms with Gasteiger partial charge in [0, 0.05) is 11.1 Å². The van der Waals surface area contributed by atoms with Crippen LogP contribution in [0.1, 0.15) is 34.4 Å². The van der Waals surface area contributed by atoms with Crippen LogP contribution in [-0.2, 0) is 0 Å². The fourth-order valence-corrected chi connectivity index (χ4v) is 4.20. The number of hydrazone groups is 1. The van der Waals surface area contributed by atoms with Gasteiger partial charge < -0.3 is 0 Å². The van der Waals surface area contributed by atoms with Crippen molar-refractivity contribution in [2.24, 2.45) is 5.10 Å². The zero-order chi connectivity index (χ0) is 23.7. The van der Waals surface area contributed by atoms with Crippen LogP contribution >= 0.6 is 0 Å². The summed E-state index contributed by atoms with van der Waals surface area (Å²) >= 11 is 0. The van der Waals surface area contributed by atoms with Gasteiger partial charge in [0.25, 0.3) is 5.91 Å². The smallest absolute Gasteiger partial charge is 0.272 e. The normalized spacial score (nSPS) is 11.7. The van der Waals surface area contributed by atoms with Crippen LogP contribution in [-0.4, -0.2) is 31.6 Å². The molecule has 2 heterocycles. The summed E-state index contributed by atoms with van der Waals surface area (Å²) in [6, 6.07) is 25.8. The van der Waals surface area contributed by atoms with Crippen molar-refractivity contribution in [3.05, 3.63) is 102 Å². The molecule has 0 aliphatic rings. The molecular formula is C27H24N6O. The second kappa shape index (κ2) is 8.78. The van der Waals surface area contributed by atoms with Crippen LogP contribution in [0, 0.1) is 13.8 Å². The molecule has 1 amide bonds. The molecule has 3 aromatic carbocycles. The van der Waals surface area contributed by atoms with Gasteiger partial charge in [0.05, 0.1) is 28.5 Å². The van der Waals surface area contributed by atoms with Crippen LogP contribution in [0.4, 0.5) is 0 Å². The molecule has 5 rings (SSSR count). The van der Waals surface area contributed by atoms with E-state index in [1.165, 1.54) is 0 Å². The van der Waals surface area contributed by atoms with Crippen molar-refractivity contribution >= 4 is 22.4 Å². The number of carbonyl (C=O) groups excluding carboxylic acids is 1. The van der Waals surface area contributed by atoms with Gasteiger partial charge in [-0.25, -0.2) is 10.1 Å². The molecule has 7 nitrogen and oxygen atoms in total. The number of aryl methyl sites for hydroxylation is 1. The summed E-state index contributed by atoms with van der Waals surface area (Å²) in [7, 11) is 0. The molecular weight excluding hydrogens is 424 g/mol. The van der Waals surface area contributed by atoms with Crippen molar-refractivity contribution in [3.8, 4) is 16.9 Å². The summed E-state index contributed by atoms with van der Waals surface area (Å²) in [4.78, 5) is 12.8. The molecule has 0 aliphatic heterocycles. The highest BCUT2D eigenvalue weighted by Crippen LogP contribution is 2.27. The lowest BCUT2D eigenvalue weighted by atomic mass is 10.0. The van der Waals surface area contributed by atoms with Crippen molar-refractivity contribution in [1.82, 2.24) is 25.4 Å². The summed E-state index contributed by atoms with van der Waals surface area (Å²) in [5.41, 5.74) is 8.99. The quantitative estimate of drug-likeness (QED) is 0.287. The van der Waals surface area contributed by atoms with E-state index in [4.69, 9.17) is 0 Å². The third-order valence-corrected chi connectivity index (χ3v) is 5.88. The minimum atomic E-state index is -0.357. The van der Waals surface area contributed by atoms with E-state index in [0.717, 1.165) is 44.7 Å². The van der Waals surface area contributed by atoms with Crippen molar-refractivity contribution in [1.29, 1.82) is 0 Å². The monoisotopic (exact) mass is 448 g/mol. The average Bonchev–Trinajstić information content (AvgIpc) is 3.46. The van der Waals surface area contributed by atoms with Gasteiger partial charge in [0.1, 0.15) is 5.69 Å². The Morgan fingerprint density at radius 2 is 1.71 bits per heavy atom. The zero-order valence-corrected chi connectivity index (χ0v) is 19.2. The summed E-state index contributed by atoms with van der Waals surface area (Å²) in [6.07, 6.45) is 0. The topological polar surface area (TPSA) is 88.0 Å². The number of amides is 1. The number of fused-ring (bicyclic) bond motifs is 1. The van der Waals surface area contributed by atoms with E-state index in [0.29, 0.717) is 11.4 Å². The highest BCUT2D eigenvalue weighted by Gasteiger charge is 2.19. The Morgan fingerprint density at radius 3 is 2.53 bits per heavy atom. The van der Waals surface area contributed by atoms with Crippen molar-refractivity contribution < 1.29 is 4.79 Å². The number of hydrogen-bond donors (Lipinski definition) is 2. The van der Waals surface area contributed by atoms with E-state index in [2.05, 4.69) is 38.0 Å². The Balaban J connectivity index is 1.38. The van der Waals surface area contributed by atoms with Crippen LogP contribution in [0.2, 0.25) is 0 Å². The number of nitrogens with one attached hydrogen (secondary N) is 2. The number of hydrogen-bond acceptors (Lipinski definition) is 4. The van der Waals surface area contributed by atoms with Crippen molar-refractivity contribution in [2.45, 2.75) is 20.8 Å². The maximum Gasteiger partial charge on any atom is 0.289 e. The lowest BCUT2D eigenvalue weighted by Crippen LogP contribution is -2.19. The van der Waals surface area contributed by atoms with E-state index < -0.39 is 0 Å². The predicted molar refractivity (Wildman–Crippen MR) is 134 cm³/mol. The number of aromatic amines is 1. The molecule has 0 spiro atoms. The minimum Gasteiger partial charge on any atom is -0.272 e. The Kier molecular flexibility index (Phi) is 5.51. The van der Waals surface area contributed by atoms with Gasteiger partial charge in [0.2, 0.25) is 0 Å². The maximum atomic E-state index is 12.8. The molecule has 0 saturated heterocycles. The van der Waals surface area contributed by atoms with Crippen molar-refractivity contribution in [3.63, 3.8) is 0 Å². The van der Waals surface area contributed by atoms with Gasteiger partial charge in [-0.2, -0.15) is 15.3 Å². The van der Waals surface area contributed by atoms with Crippen LogP contribution in [0.3, 0.4) is 0 Å². The lowest BCUT2D eigenvalue weighted by Gasteiger charge is -2.06. The van der Waals surface area contributed by atoms with Crippen LogP contribution < -0.4 is 5.43 Å². The number of para-hydroxylation sites is 1. The summed E-state index contributed by atoms with van der Waals surface area (Å²) < 4.78 is 1.89. The molecule has 0 fully saturated rings. The summed E-state index contributed by atoms with van der Waals surface area (Å²) in [5, 5.41) is 18.4. The van der Waals surface area contributed by atoms with Crippen molar-refractivity contribution in [2.75, 3.05) is 0 Å². The molecule has 168 valence electrons. The Morgan fingerprint density at radius 1 is 0.971 bits per heavy atom. The molecule has 5 aromatic rings. The van der Waals surface area contributed by atoms with Gasteiger partial charge in [-0.15, -0.1) is 0 Å². The average molecular weight is 449 g/mol. The number of benzene rings is 3. The molecule has 2 N–H and O–H groups in total. The second-order valence-electron chi connectivity index (χ2n) is 8.12. The van der Waals surface area contributed by atoms with Gasteiger partial charge in [-0.1, -0.05) is 60.7 Å². The van der Waals surface area contributed by atoms with E-state index >= 15 is 0 Å². The molecule has 0 saturated carbocycles. The second-order valence-corrected chi connectivity index (χ2v) is 8.12. The standard InChI is InChI=1S/C27H24N6O/c1-17(22-15-9-11-20-10-7-8-14-23(20)22)28-31-27(34)25-16-24(29-30-25)26-18(2)32-33(19(26)3)21-12-5-4-6-13-21/h4-16H,1-3H3,(H,29,30)(H,31,34). The lowest BCUT2D eigenvalue weighted by molar-refractivity contribution is 0.0950. The van der Waals surface area contributed by atoms with Crippen LogP contribution in [0.25, 0.3) is 27.7 Å². The molecule has 0 bridgehead atoms. The van der Waals surface area contributed by atoms with Crippen LogP contribution in [0.15, 0.2) is 84.0 Å². The Labute approximate surface area is 197 Å². The maximum absolute atomic E-state index is 12.8. The first-order chi connectivity index (χ1) is 16.5. The molecule has 0 atom stereocenters. The molecule has 34 heavy (non-hydrogen) atoms. The largest absolute Gasteiger partial charge is 0.289 e. The zero-order valence-electron chi connectivity index (χ0n) is 19.2. The van der Waals surface area contributed by atoms with E-state index in [-0.39, 0.29) is 5.91 Å². The van der Waals surface area contributed by atoms with E-state index in [1.807, 2.05) is 86.1 Å². The number of nitrogens with zero attached hydrogens (tertiary/aromatic N) is 4. The third kappa shape index (κ3) is 3.88. The Bertz CT molecular complexity index is 1520. The molecule has 0 radical (unpaired) electrons. The minimum absolute atomic E-state index is 0.329. The fraction of sp³-hybridized carbons (Fsp3) is 0.111. The van der Waals surface area contributed by atoms with Gasteiger partial charge in [0.15, 0.2) is 0 Å². The van der Waals surface area contributed by atoms with Gasteiger partial charge in [-0.05, 0) is 49.7 Å². The summed E-state index contributed by atoms with van der Waals surface area (Å²) in [6.45, 7) is 5.81. The molecule has 0 unspecified atom stereocenters. The first-order valence-corrected chi connectivity index (χ1v) is 11.0. The van der Waals surface area contributed by atoms with Gasteiger partial charge in [-0.3, -0.25) is 9.89 Å². The molecule has 2 aromatic heterocycles. The summed E-state index contributed by atoms with van der Waals surface area (Å²) in [5.74, 6) is -0.357. The third-order valence-electron chi connectivity index (χ3n) is 5.88. The highest BCUT2D eigenvalue weighted by molar-refractivity contribution is 6.10. The molecule has 7 heteroatoms. The first kappa shape index (κ1) is 21.3. The number of carbonyl (C=O) groups is 1. The van der Waals surface area contributed by atoms with Crippen LogP contribution in [0.5, 0.6) is 0 Å². The highest BCUT2D eigenvalue weighted by atomic mass is 16.2. The first-order valence-electron chi connectivity index (χ1n) is 11.0. The Hall–Kier alpha value is -4.52. The van der Waals surface area contributed by atoms with Gasteiger partial charge >= 0.3 is 0 Å². The molecule has 0 aliphatic carbocycles. The van der Waals surface area contributed by atoms with E-state index in [9.17, 15) is 4.79 Å². The number of rotatable bonds is 5. The predicted octanol–water partition coefficient (Wildman–Crippen LogP) is 5.19. The SMILES string of the molecule is CC(=NNC(=O)c1cc(-c2c(C)nn(-c3ccccc3)c2C)n[nH]1)c1cccc2ccccc12. The number of H-pyrrole nitrogens is 1.